The summed E-state index contributed by atoms with van der Waals surface area (Å²) in [6, 6.07) is 4.06. The van der Waals surface area contributed by atoms with Crippen molar-refractivity contribution in [3.8, 4) is 0 Å². The Hall–Kier alpha value is -2.52. The van der Waals surface area contributed by atoms with Crippen LogP contribution >= 0.6 is 0 Å². The van der Waals surface area contributed by atoms with Gasteiger partial charge in [-0.2, -0.15) is 5.10 Å². The molecular weight excluding hydrogens is 464 g/mol. The summed E-state index contributed by atoms with van der Waals surface area (Å²) in [6.07, 6.45) is 12.2. The molecule has 0 spiro atoms. The number of likely N-dealkylation sites (tertiary alicyclic amines) is 2. The number of nitrogens with zero attached hydrogens (tertiary/aromatic N) is 6. The fraction of sp³-hybridized carbons (Fsp3) is 0.714. The minimum Gasteiger partial charge on any atom is -0.423 e. The Balaban J connectivity index is 1.15. The lowest BCUT2D eigenvalue weighted by molar-refractivity contribution is 0.154. The molecule has 3 fully saturated rings. The summed E-state index contributed by atoms with van der Waals surface area (Å²) >= 11 is 0. The molecule has 0 saturated carbocycles. The lowest BCUT2D eigenvalue weighted by Crippen LogP contribution is -2.42. The first-order chi connectivity index (χ1) is 18.1. The molecule has 0 bridgehead atoms. The number of hydrogen-bond donors (Lipinski definition) is 2. The highest BCUT2D eigenvalue weighted by Crippen LogP contribution is 2.25. The van der Waals surface area contributed by atoms with Gasteiger partial charge >= 0.3 is 0 Å². The van der Waals surface area contributed by atoms with Gasteiger partial charge in [0.25, 0.3) is 0 Å². The highest BCUT2D eigenvalue weighted by molar-refractivity contribution is 6.06. The second-order valence-electron chi connectivity index (χ2n) is 11.1. The summed E-state index contributed by atoms with van der Waals surface area (Å²) in [5.41, 5.74) is 1.23. The van der Waals surface area contributed by atoms with Crippen molar-refractivity contribution in [3.05, 3.63) is 17.8 Å². The number of rotatable bonds is 6. The van der Waals surface area contributed by atoms with Crippen LogP contribution in [0.4, 0.5) is 5.82 Å². The van der Waals surface area contributed by atoms with E-state index in [9.17, 15) is 0 Å². The molecule has 202 valence electrons. The average Bonchev–Trinajstić information content (AvgIpc) is 3.24. The van der Waals surface area contributed by atoms with Crippen LogP contribution in [-0.4, -0.2) is 88.7 Å². The van der Waals surface area contributed by atoms with Gasteiger partial charge in [0.2, 0.25) is 5.90 Å². The number of ether oxygens (including phenoxy) is 1. The summed E-state index contributed by atoms with van der Waals surface area (Å²) in [6.45, 7) is 8.82. The number of hydrogen-bond acceptors (Lipinski definition) is 8. The van der Waals surface area contributed by atoms with E-state index in [2.05, 4.69) is 19.8 Å². The Morgan fingerprint density at radius 3 is 2.14 bits per heavy atom. The monoisotopic (exact) mass is 508 g/mol. The molecule has 37 heavy (non-hydrogen) atoms. The molecular formula is C28H44N8O. The van der Waals surface area contributed by atoms with Crippen LogP contribution in [0, 0.1) is 16.7 Å². The third kappa shape index (κ3) is 6.49. The molecule has 5 rings (SSSR count). The van der Waals surface area contributed by atoms with E-state index in [1.807, 2.05) is 19.2 Å². The molecule has 0 aliphatic carbocycles. The van der Waals surface area contributed by atoms with Gasteiger partial charge in [-0.25, -0.2) is 9.67 Å². The molecule has 0 radical (unpaired) electrons. The molecule has 3 saturated heterocycles. The van der Waals surface area contributed by atoms with E-state index in [0.29, 0.717) is 5.69 Å². The lowest BCUT2D eigenvalue weighted by Gasteiger charge is -2.34. The van der Waals surface area contributed by atoms with E-state index in [0.717, 1.165) is 69.0 Å². The van der Waals surface area contributed by atoms with Crippen molar-refractivity contribution in [1.29, 1.82) is 10.8 Å². The van der Waals surface area contributed by atoms with Gasteiger partial charge in [-0.15, -0.1) is 0 Å². The van der Waals surface area contributed by atoms with Gasteiger partial charge in [0.05, 0.1) is 5.39 Å². The number of aromatic nitrogens is 3. The van der Waals surface area contributed by atoms with E-state index in [4.69, 9.17) is 20.5 Å². The molecule has 0 unspecified atom stereocenters. The number of aryl methyl sites for hydroxylation is 1. The fourth-order valence-corrected chi connectivity index (χ4v) is 6.07. The fourth-order valence-electron chi connectivity index (χ4n) is 6.07. The minimum absolute atomic E-state index is 0.0519. The zero-order valence-corrected chi connectivity index (χ0v) is 22.6. The maximum atomic E-state index is 8.60. The maximum absolute atomic E-state index is 8.60. The number of pyridine rings is 1. The summed E-state index contributed by atoms with van der Waals surface area (Å²) in [7, 11) is 1.87. The molecule has 2 aromatic rings. The maximum Gasteiger partial charge on any atom is 0.242 e. The van der Waals surface area contributed by atoms with Gasteiger partial charge in [-0.3, -0.25) is 10.8 Å². The highest BCUT2D eigenvalue weighted by Gasteiger charge is 2.27. The molecule has 2 aromatic heterocycles. The number of fused-ring (bicyclic) bond motifs is 1. The molecule has 3 aliphatic heterocycles. The van der Waals surface area contributed by atoms with Crippen LogP contribution in [0.3, 0.4) is 0 Å². The van der Waals surface area contributed by atoms with Crippen LogP contribution in [0.5, 0.6) is 0 Å². The van der Waals surface area contributed by atoms with Gasteiger partial charge in [0.1, 0.15) is 5.82 Å². The average molecular weight is 509 g/mol. The molecule has 9 nitrogen and oxygen atoms in total. The summed E-state index contributed by atoms with van der Waals surface area (Å²) in [4.78, 5) is 12.4. The zero-order valence-electron chi connectivity index (χ0n) is 22.6. The van der Waals surface area contributed by atoms with Crippen molar-refractivity contribution in [3.63, 3.8) is 0 Å². The van der Waals surface area contributed by atoms with Crippen LogP contribution < -0.4 is 4.90 Å². The molecule has 3 aliphatic rings. The molecule has 0 amide bonds. The van der Waals surface area contributed by atoms with E-state index < -0.39 is 0 Å². The Morgan fingerprint density at radius 1 is 0.838 bits per heavy atom. The Morgan fingerprint density at radius 2 is 1.43 bits per heavy atom. The number of nitrogens with one attached hydrogen (secondary N) is 2. The van der Waals surface area contributed by atoms with Crippen molar-refractivity contribution in [2.45, 2.75) is 64.2 Å². The highest BCUT2D eigenvalue weighted by atomic mass is 16.5. The minimum atomic E-state index is -0.0519. The Bertz CT molecular complexity index is 1060. The van der Waals surface area contributed by atoms with Gasteiger partial charge in [0, 0.05) is 39.1 Å². The molecule has 2 N–H and O–H groups in total. The smallest absolute Gasteiger partial charge is 0.242 e. The summed E-state index contributed by atoms with van der Waals surface area (Å²) < 4.78 is 7.53. The normalized spacial score (nSPS) is 21.1. The van der Waals surface area contributed by atoms with Crippen LogP contribution in [0.2, 0.25) is 0 Å². The molecule has 9 heteroatoms. The Kier molecular flexibility index (Phi) is 8.71. The van der Waals surface area contributed by atoms with Crippen molar-refractivity contribution in [2.75, 3.05) is 57.3 Å². The molecule has 0 aromatic carbocycles. The van der Waals surface area contributed by atoms with Gasteiger partial charge in [-0.05, 0) is 76.8 Å². The first-order valence-electron chi connectivity index (χ1n) is 14.5. The van der Waals surface area contributed by atoms with Crippen LogP contribution in [0.1, 0.15) is 69.9 Å². The predicted molar refractivity (Wildman–Crippen MR) is 149 cm³/mol. The number of piperidine rings is 2. The Labute approximate surface area is 221 Å². The second-order valence-corrected chi connectivity index (χ2v) is 11.1. The third-order valence-corrected chi connectivity index (χ3v) is 8.42. The SMILES string of the molecule is Cn1nc(C(=N)OC(=N)C2CCN(CCN3CCCCC3)CC2)c2ccc(N3CCCCCCC3)nc21. The van der Waals surface area contributed by atoms with E-state index in [-0.39, 0.29) is 17.7 Å². The standard InChI is InChI=1S/C28H44N8O/c1-33-28-23(10-11-24(31-28)36-16-8-3-2-4-9-17-36)25(32-33)27(30)37-26(29)22-12-18-35(19-13-22)21-20-34-14-6-5-7-15-34/h10-11,22,29-30H,2-9,12-21H2,1H3. The van der Waals surface area contributed by atoms with Crippen LogP contribution in [0.25, 0.3) is 11.0 Å². The van der Waals surface area contributed by atoms with Crippen molar-refractivity contribution < 1.29 is 4.74 Å². The van der Waals surface area contributed by atoms with Crippen molar-refractivity contribution in [2.24, 2.45) is 13.0 Å². The van der Waals surface area contributed by atoms with Crippen LogP contribution in [-0.2, 0) is 11.8 Å². The van der Waals surface area contributed by atoms with Gasteiger partial charge in [-0.1, -0.05) is 25.7 Å². The molecule has 5 heterocycles. The van der Waals surface area contributed by atoms with E-state index in [1.54, 1.807) is 4.68 Å². The largest absolute Gasteiger partial charge is 0.423 e. The first-order valence-corrected chi connectivity index (χ1v) is 14.5. The number of anilines is 1. The zero-order chi connectivity index (χ0) is 25.6. The third-order valence-electron chi connectivity index (χ3n) is 8.42. The molecule has 0 atom stereocenters. The van der Waals surface area contributed by atoms with Crippen molar-refractivity contribution >= 4 is 28.6 Å². The van der Waals surface area contributed by atoms with Gasteiger partial charge < -0.3 is 19.4 Å². The van der Waals surface area contributed by atoms with Gasteiger partial charge in [0.15, 0.2) is 17.2 Å². The predicted octanol–water partition coefficient (Wildman–Crippen LogP) is 4.26. The first kappa shape index (κ1) is 26.1. The van der Waals surface area contributed by atoms with Crippen LogP contribution in [0.15, 0.2) is 12.1 Å². The van der Waals surface area contributed by atoms with E-state index in [1.165, 1.54) is 64.5 Å². The second kappa shape index (κ2) is 12.3. The summed E-state index contributed by atoms with van der Waals surface area (Å²) in [5.74, 6) is 1.20. The topological polar surface area (TPSA) is 97.4 Å². The van der Waals surface area contributed by atoms with E-state index >= 15 is 0 Å². The quantitative estimate of drug-likeness (QED) is 0.447. The lowest BCUT2D eigenvalue weighted by atomic mass is 9.96. The van der Waals surface area contributed by atoms with Crippen molar-refractivity contribution in [1.82, 2.24) is 24.6 Å². The summed E-state index contributed by atoms with van der Waals surface area (Å²) in [5, 5.41) is 22.5.